The van der Waals surface area contributed by atoms with Crippen molar-refractivity contribution in [1.82, 2.24) is 25.3 Å². The predicted octanol–water partition coefficient (Wildman–Crippen LogP) is 2.10. The highest BCUT2D eigenvalue weighted by molar-refractivity contribution is 7.98. The molecule has 2 aromatic carbocycles. The number of carbonyl (C=O) groups is 2. The summed E-state index contributed by atoms with van der Waals surface area (Å²) < 4.78 is 35.7. The number of ether oxygens (including phenoxy) is 2. The molecule has 0 bridgehead atoms. The lowest BCUT2D eigenvalue weighted by molar-refractivity contribution is -0.146. The third kappa shape index (κ3) is 8.23. The molecule has 2 aromatic heterocycles. The number of carbonyl (C=O) groups excluding carboxylic acids is 2. The summed E-state index contributed by atoms with van der Waals surface area (Å²) in [4.78, 5) is 29.0. The number of esters is 1. The van der Waals surface area contributed by atoms with Gasteiger partial charge in [0.2, 0.25) is 10.2 Å². The van der Waals surface area contributed by atoms with Crippen LogP contribution in [0.1, 0.15) is 18.2 Å². The Bertz CT molecular complexity index is 1540. The first-order chi connectivity index (χ1) is 18.7. The van der Waals surface area contributed by atoms with E-state index < -0.39 is 27.9 Å². The summed E-state index contributed by atoms with van der Waals surface area (Å²) >= 11 is 2.47. The minimum Gasteiger partial charge on any atom is -0.487 e. The maximum absolute atomic E-state index is 12.6. The number of thioether (sulfide) groups is 1. The Morgan fingerprint density at radius 3 is 2.74 bits per heavy atom. The molecule has 4 rings (SSSR count). The number of sulfonamides is 1. The molecule has 39 heavy (non-hydrogen) atoms. The molecule has 15 heteroatoms. The Labute approximate surface area is 232 Å². The van der Waals surface area contributed by atoms with E-state index in [0.29, 0.717) is 33.2 Å². The third-order valence-corrected chi connectivity index (χ3v) is 8.61. The summed E-state index contributed by atoms with van der Waals surface area (Å²) in [6.45, 7) is 1.85. The lowest BCUT2D eigenvalue weighted by Crippen LogP contribution is -2.45. The minimum absolute atomic E-state index is 0.0650. The van der Waals surface area contributed by atoms with E-state index in [1.165, 1.54) is 16.4 Å². The van der Waals surface area contributed by atoms with Gasteiger partial charge in [0.15, 0.2) is 0 Å². The standard InChI is InChI=1S/C24H26N6O6S3/c1-2-35-23(32)20(15-37-14-16-6-4-3-5-7-16)26-22(31)12-30-11-17(28-29-30)13-36-18-8-9-19-21(10-18)38-24(27-19)39(25,33)34/h3-11,20H,2,12-15H2,1H3,(H,26,31)(H2,25,33,34). The minimum atomic E-state index is -3.89. The molecule has 0 aliphatic carbocycles. The van der Waals surface area contributed by atoms with Crippen molar-refractivity contribution in [3.05, 3.63) is 66.0 Å². The average Bonchev–Trinajstić information content (AvgIpc) is 3.54. The molecule has 0 aliphatic rings. The van der Waals surface area contributed by atoms with Crippen LogP contribution >= 0.6 is 23.1 Å². The summed E-state index contributed by atoms with van der Waals surface area (Å²) in [5.74, 6) is 0.631. The van der Waals surface area contributed by atoms with E-state index in [2.05, 4.69) is 20.6 Å². The van der Waals surface area contributed by atoms with Crippen LogP contribution in [0, 0.1) is 0 Å². The number of rotatable bonds is 13. The van der Waals surface area contributed by atoms with Crippen LogP contribution in [0.4, 0.5) is 0 Å². The SMILES string of the molecule is CCOC(=O)C(CSCc1ccccc1)NC(=O)Cn1cc(COc2ccc3nc(S(N)(=O)=O)sc3c2)nn1. The average molecular weight is 591 g/mol. The first-order valence-electron chi connectivity index (χ1n) is 11.7. The van der Waals surface area contributed by atoms with Gasteiger partial charge in [0.05, 0.1) is 23.0 Å². The van der Waals surface area contributed by atoms with Crippen molar-refractivity contribution in [3.8, 4) is 5.75 Å². The Kier molecular flexibility index (Phi) is 9.50. The van der Waals surface area contributed by atoms with E-state index in [0.717, 1.165) is 16.9 Å². The first-order valence-corrected chi connectivity index (χ1v) is 15.3. The smallest absolute Gasteiger partial charge is 0.329 e. The molecular formula is C24H26N6O6S3. The normalized spacial score (nSPS) is 12.3. The van der Waals surface area contributed by atoms with Crippen LogP contribution < -0.4 is 15.2 Å². The number of nitrogens with zero attached hydrogens (tertiary/aromatic N) is 4. The zero-order valence-corrected chi connectivity index (χ0v) is 23.3. The number of amides is 1. The van der Waals surface area contributed by atoms with E-state index in [9.17, 15) is 18.0 Å². The van der Waals surface area contributed by atoms with Gasteiger partial charge in [0.25, 0.3) is 10.0 Å². The number of thiazole rings is 1. The van der Waals surface area contributed by atoms with Gasteiger partial charge in [-0.05, 0) is 30.7 Å². The molecule has 1 amide bonds. The monoisotopic (exact) mass is 590 g/mol. The summed E-state index contributed by atoms with van der Waals surface area (Å²) in [5, 5.41) is 15.8. The topological polar surface area (TPSA) is 168 Å². The van der Waals surface area contributed by atoms with Gasteiger partial charge in [-0.1, -0.05) is 35.5 Å². The molecule has 206 valence electrons. The number of fused-ring (bicyclic) bond motifs is 1. The molecule has 0 fully saturated rings. The van der Waals surface area contributed by atoms with Crippen LogP contribution in [-0.2, 0) is 43.3 Å². The van der Waals surface area contributed by atoms with Crippen molar-refractivity contribution >= 4 is 55.2 Å². The number of hydrogen-bond donors (Lipinski definition) is 2. The molecular weight excluding hydrogens is 565 g/mol. The largest absolute Gasteiger partial charge is 0.487 e. The summed E-state index contributed by atoms with van der Waals surface area (Å²) in [6, 6.07) is 14.0. The molecule has 3 N–H and O–H groups in total. The highest BCUT2D eigenvalue weighted by Crippen LogP contribution is 2.28. The fraction of sp³-hybridized carbons (Fsp3) is 0.292. The van der Waals surface area contributed by atoms with Crippen LogP contribution in [0.2, 0.25) is 0 Å². The van der Waals surface area contributed by atoms with Crippen molar-refractivity contribution in [1.29, 1.82) is 0 Å². The quantitative estimate of drug-likeness (QED) is 0.220. The lowest BCUT2D eigenvalue weighted by Gasteiger charge is -2.17. The number of nitrogens with two attached hydrogens (primary N) is 1. The van der Waals surface area contributed by atoms with Gasteiger partial charge < -0.3 is 14.8 Å². The highest BCUT2D eigenvalue weighted by atomic mass is 32.2. The molecule has 0 radical (unpaired) electrons. The summed E-state index contributed by atoms with van der Waals surface area (Å²) in [6.07, 6.45) is 1.56. The van der Waals surface area contributed by atoms with E-state index in [1.54, 1.807) is 31.3 Å². The zero-order chi connectivity index (χ0) is 27.8. The Hall–Kier alpha value is -3.53. The summed E-state index contributed by atoms with van der Waals surface area (Å²) in [5.41, 5.74) is 2.08. The van der Waals surface area contributed by atoms with Gasteiger partial charge in [0.1, 0.15) is 30.6 Å². The second-order valence-corrected chi connectivity index (χ2v) is 12.0. The van der Waals surface area contributed by atoms with E-state index in [4.69, 9.17) is 14.6 Å². The zero-order valence-electron chi connectivity index (χ0n) is 20.8. The molecule has 12 nitrogen and oxygen atoms in total. The van der Waals surface area contributed by atoms with Crippen molar-refractivity contribution in [2.75, 3.05) is 12.4 Å². The number of nitrogens with one attached hydrogen (secondary N) is 1. The summed E-state index contributed by atoms with van der Waals surface area (Å²) in [7, 11) is -3.89. The number of hydrogen-bond acceptors (Lipinski definition) is 11. The van der Waals surface area contributed by atoms with E-state index in [-0.39, 0.29) is 24.1 Å². The van der Waals surface area contributed by atoms with Crippen molar-refractivity contribution in [2.45, 2.75) is 36.2 Å². The third-order valence-electron chi connectivity index (χ3n) is 5.16. The fourth-order valence-electron chi connectivity index (χ4n) is 3.40. The Morgan fingerprint density at radius 2 is 2.00 bits per heavy atom. The second-order valence-electron chi connectivity index (χ2n) is 8.22. The van der Waals surface area contributed by atoms with Gasteiger partial charge in [0, 0.05) is 11.5 Å². The van der Waals surface area contributed by atoms with Crippen LogP contribution in [0.3, 0.4) is 0 Å². The maximum Gasteiger partial charge on any atom is 0.329 e. The molecule has 1 atom stereocenters. The second kappa shape index (κ2) is 13.0. The first kappa shape index (κ1) is 28.5. The number of primary sulfonamides is 1. The predicted molar refractivity (Wildman–Crippen MR) is 147 cm³/mol. The van der Waals surface area contributed by atoms with Crippen LogP contribution in [-0.4, -0.2) is 58.7 Å². The molecule has 1 unspecified atom stereocenters. The van der Waals surface area contributed by atoms with Crippen LogP contribution in [0.5, 0.6) is 5.75 Å². The van der Waals surface area contributed by atoms with Crippen molar-refractivity contribution in [3.63, 3.8) is 0 Å². The van der Waals surface area contributed by atoms with Gasteiger partial charge in [-0.3, -0.25) is 4.79 Å². The van der Waals surface area contributed by atoms with Gasteiger partial charge in [-0.15, -0.1) is 16.4 Å². The molecule has 0 aliphatic heterocycles. The fourth-order valence-corrected chi connectivity index (χ4v) is 6.09. The van der Waals surface area contributed by atoms with E-state index in [1.807, 2.05) is 30.3 Å². The highest BCUT2D eigenvalue weighted by Gasteiger charge is 2.22. The van der Waals surface area contributed by atoms with Gasteiger partial charge in [-0.25, -0.2) is 28.0 Å². The van der Waals surface area contributed by atoms with Gasteiger partial charge in [-0.2, -0.15) is 11.8 Å². The van der Waals surface area contributed by atoms with Gasteiger partial charge >= 0.3 is 5.97 Å². The van der Waals surface area contributed by atoms with E-state index >= 15 is 0 Å². The van der Waals surface area contributed by atoms with Crippen LogP contribution in [0.15, 0.2) is 59.1 Å². The molecule has 4 aromatic rings. The number of benzene rings is 2. The molecule has 2 heterocycles. The molecule has 0 saturated carbocycles. The maximum atomic E-state index is 12.6. The lowest BCUT2D eigenvalue weighted by atomic mass is 10.2. The molecule has 0 spiro atoms. The molecule has 0 saturated heterocycles. The van der Waals surface area contributed by atoms with Crippen molar-refractivity contribution in [2.24, 2.45) is 5.14 Å². The van der Waals surface area contributed by atoms with Crippen LogP contribution in [0.25, 0.3) is 10.2 Å². The number of aromatic nitrogens is 4. The Morgan fingerprint density at radius 1 is 1.21 bits per heavy atom. The van der Waals surface area contributed by atoms with Crippen molar-refractivity contribution < 1.29 is 27.5 Å². The Balaban J connectivity index is 1.30.